The van der Waals surface area contributed by atoms with Crippen LogP contribution in [0.1, 0.15) is 33.2 Å². The van der Waals surface area contributed by atoms with Gasteiger partial charge >= 0.3 is 0 Å². The molecule has 154 valence electrons. The van der Waals surface area contributed by atoms with Gasteiger partial charge in [0.25, 0.3) is 11.8 Å². The van der Waals surface area contributed by atoms with Crippen LogP contribution in [0.15, 0.2) is 72.8 Å². The van der Waals surface area contributed by atoms with Crippen molar-refractivity contribution in [2.75, 3.05) is 19.0 Å². The topological polar surface area (TPSA) is 67.4 Å². The first-order chi connectivity index (χ1) is 14.5. The van der Waals surface area contributed by atoms with Crippen molar-refractivity contribution < 1.29 is 14.3 Å². The van der Waals surface area contributed by atoms with Crippen molar-refractivity contribution in [3.63, 3.8) is 0 Å². The summed E-state index contributed by atoms with van der Waals surface area (Å²) in [5.74, 6) is -0.445. The molecule has 0 spiro atoms. The third-order valence-corrected chi connectivity index (χ3v) is 4.67. The Kier molecular flexibility index (Phi) is 6.99. The SMILES string of the molecule is COCC(C)NC(=O)c1cc(NC(=O)c2ccccc2)cc(-c2ccc(C)cc2)c1. The molecule has 5 heteroatoms. The fourth-order valence-corrected chi connectivity index (χ4v) is 3.14. The molecule has 30 heavy (non-hydrogen) atoms. The van der Waals surface area contributed by atoms with Crippen LogP contribution in [-0.2, 0) is 4.74 Å². The summed E-state index contributed by atoms with van der Waals surface area (Å²) in [6, 6.07) is 22.3. The lowest BCUT2D eigenvalue weighted by Gasteiger charge is -2.15. The first-order valence-electron chi connectivity index (χ1n) is 9.84. The van der Waals surface area contributed by atoms with E-state index in [4.69, 9.17) is 4.74 Å². The lowest BCUT2D eigenvalue weighted by molar-refractivity contribution is 0.0905. The maximum atomic E-state index is 12.8. The molecular weight excluding hydrogens is 376 g/mol. The Morgan fingerprint density at radius 2 is 1.57 bits per heavy atom. The average molecular weight is 402 g/mol. The van der Waals surface area contributed by atoms with Crippen LogP contribution in [-0.4, -0.2) is 31.6 Å². The molecule has 0 aliphatic heterocycles. The summed E-state index contributed by atoms with van der Waals surface area (Å²) in [7, 11) is 1.60. The predicted octanol–water partition coefficient (Wildman–Crippen LogP) is 4.68. The van der Waals surface area contributed by atoms with Gasteiger partial charge in [-0.15, -0.1) is 0 Å². The van der Waals surface area contributed by atoms with Gasteiger partial charge in [-0.1, -0.05) is 48.0 Å². The van der Waals surface area contributed by atoms with Crippen LogP contribution in [0.5, 0.6) is 0 Å². The number of anilines is 1. The van der Waals surface area contributed by atoms with Crippen molar-refractivity contribution in [2.24, 2.45) is 0 Å². The van der Waals surface area contributed by atoms with Crippen LogP contribution in [0.3, 0.4) is 0 Å². The van der Waals surface area contributed by atoms with Crippen molar-refractivity contribution in [3.8, 4) is 11.1 Å². The van der Waals surface area contributed by atoms with Gasteiger partial charge in [-0.3, -0.25) is 9.59 Å². The molecule has 3 aromatic carbocycles. The number of benzene rings is 3. The van der Waals surface area contributed by atoms with E-state index in [1.165, 1.54) is 0 Å². The molecule has 0 heterocycles. The monoisotopic (exact) mass is 402 g/mol. The van der Waals surface area contributed by atoms with E-state index in [2.05, 4.69) is 10.6 Å². The zero-order valence-electron chi connectivity index (χ0n) is 17.4. The minimum atomic E-state index is -0.226. The fraction of sp³-hybridized carbons (Fsp3) is 0.200. The Morgan fingerprint density at radius 3 is 2.23 bits per heavy atom. The molecule has 2 N–H and O–H groups in total. The van der Waals surface area contributed by atoms with Gasteiger partial charge in [0, 0.05) is 30.0 Å². The second kappa shape index (κ2) is 9.85. The Labute approximate surface area is 177 Å². The smallest absolute Gasteiger partial charge is 0.255 e. The van der Waals surface area contributed by atoms with Crippen LogP contribution < -0.4 is 10.6 Å². The number of amides is 2. The second-order valence-electron chi connectivity index (χ2n) is 7.32. The standard InChI is InChI=1S/C25H26N2O3/c1-17-9-11-19(12-10-17)21-13-22(25(29)26-18(2)16-30-3)15-23(14-21)27-24(28)20-7-5-4-6-8-20/h4-15,18H,16H2,1-3H3,(H,26,29)(H,27,28). The van der Waals surface area contributed by atoms with Crippen molar-refractivity contribution >= 4 is 17.5 Å². The van der Waals surface area contributed by atoms with Crippen LogP contribution in [0, 0.1) is 6.92 Å². The predicted molar refractivity (Wildman–Crippen MR) is 120 cm³/mol. The van der Waals surface area contributed by atoms with E-state index in [1.807, 2.05) is 68.4 Å². The summed E-state index contributed by atoms with van der Waals surface area (Å²) in [6.45, 7) is 4.32. The molecule has 1 atom stereocenters. The molecule has 0 aliphatic rings. The van der Waals surface area contributed by atoms with Crippen molar-refractivity contribution in [2.45, 2.75) is 19.9 Å². The van der Waals surface area contributed by atoms with E-state index < -0.39 is 0 Å². The van der Waals surface area contributed by atoms with Crippen LogP contribution >= 0.6 is 0 Å². The molecule has 0 fully saturated rings. The maximum absolute atomic E-state index is 12.8. The summed E-state index contributed by atoms with van der Waals surface area (Å²) in [6.07, 6.45) is 0. The largest absolute Gasteiger partial charge is 0.383 e. The summed E-state index contributed by atoms with van der Waals surface area (Å²) in [5.41, 5.74) is 4.56. The van der Waals surface area contributed by atoms with Gasteiger partial charge < -0.3 is 15.4 Å². The van der Waals surface area contributed by atoms with E-state index in [0.717, 1.165) is 16.7 Å². The summed E-state index contributed by atoms with van der Waals surface area (Å²) >= 11 is 0. The van der Waals surface area contributed by atoms with E-state index in [-0.39, 0.29) is 17.9 Å². The highest BCUT2D eigenvalue weighted by atomic mass is 16.5. The highest BCUT2D eigenvalue weighted by Gasteiger charge is 2.14. The van der Waals surface area contributed by atoms with Gasteiger partial charge in [0.05, 0.1) is 6.61 Å². The number of hydrogen-bond acceptors (Lipinski definition) is 3. The van der Waals surface area contributed by atoms with Gasteiger partial charge in [-0.25, -0.2) is 0 Å². The number of aryl methyl sites for hydroxylation is 1. The summed E-state index contributed by atoms with van der Waals surface area (Å²) < 4.78 is 5.10. The number of rotatable bonds is 7. The van der Waals surface area contributed by atoms with Crippen molar-refractivity contribution in [3.05, 3.63) is 89.5 Å². The van der Waals surface area contributed by atoms with E-state index >= 15 is 0 Å². The maximum Gasteiger partial charge on any atom is 0.255 e. The molecule has 0 saturated carbocycles. The van der Waals surface area contributed by atoms with Crippen molar-refractivity contribution in [1.29, 1.82) is 0 Å². The molecule has 3 aromatic rings. The number of carbonyl (C=O) groups excluding carboxylic acids is 2. The first kappa shape index (κ1) is 21.3. The van der Waals surface area contributed by atoms with E-state index in [0.29, 0.717) is 23.4 Å². The normalized spacial score (nSPS) is 11.6. The van der Waals surface area contributed by atoms with Gasteiger partial charge in [0.15, 0.2) is 0 Å². The zero-order valence-corrected chi connectivity index (χ0v) is 17.4. The molecule has 0 radical (unpaired) electrons. The number of hydrogen-bond donors (Lipinski definition) is 2. The molecule has 3 rings (SSSR count). The van der Waals surface area contributed by atoms with Crippen LogP contribution in [0.2, 0.25) is 0 Å². The number of nitrogens with one attached hydrogen (secondary N) is 2. The van der Waals surface area contributed by atoms with Crippen LogP contribution in [0.25, 0.3) is 11.1 Å². The number of carbonyl (C=O) groups is 2. The Hall–Kier alpha value is -3.44. The third kappa shape index (κ3) is 5.55. The Balaban J connectivity index is 1.94. The summed E-state index contributed by atoms with van der Waals surface area (Å²) in [5, 5.41) is 5.83. The van der Waals surface area contributed by atoms with Gasteiger partial charge in [-0.2, -0.15) is 0 Å². The molecule has 0 bridgehead atoms. The molecule has 2 amide bonds. The lowest BCUT2D eigenvalue weighted by Crippen LogP contribution is -2.35. The minimum absolute atomic E-state index is 0.132. The van der Waals surface area contributed by atoms with Gasteiger partial charge in [0.2, 0.25) is 0 Å². The molecule has 1 unspecified atom stereocenters. The quantitative estimate of drug-likeness (QED) is 0.603. The average Bonchev–Trinajstić information content (AvgIpc) is 2.74. The van der Waals surface area contributed by atoms with Gasteiger partial charge in [0.1, 0.15) is 0 Å². The van der Waals surface area contributed by atoms with Crippen LogP contribution in [0.4, 0.5) is 5.69 Å². The van der Waals surface area contributed by atoms with Gasteiger partial charge in [-0.05, 0) is 55.3 Å². The molecule has 0 aliphatic carbocycles. The fourth-order valence-electron chi connectivity index (χ4n) is 3.14. The number of ether oxygens (including phenoxy) is 1. The number of methoxy groups -OCH3 is 1. The molecule has 0 aromatic heterocycles. The van der Waals surface area contributed by atoms with Crippen molar-refractivity contribution in [1.82, 2.24) is 5.32 Å². The molecule has 0 saturated heterocycles. The molecule has 5 nitrogen and oxygen atoms in total. The highest BCUT2D eigenvalue weighted by Crippen LogP contribution is 2.26. The highest BCUT2D eigenvalue weighted by molar-refractivity contribution is 6.05. The van der Waals surface area contributed by atoms with E-state index in [1.54, 1.807) is 25.3 Å². The first-order valence-corrected chi connectivity index (χ1v) is 9.84. The minimum Gasteiger partial charge on any atom is -0.383 e. The Morgan fingerprint density at radius 1 is 0.867 bits per heavy atom. The summed E-state index contributed by atoms with van der Waals surface area (Å²) in [4.78, 5) is 25.4. The Bertz CT molecular complexity index is 1010. The lowest BCUT2D eigenvalue weighted by atomic mass is 10.0. The molecular formula is C25H26N2O3. The third-order valence-electron chi connectivity index (χ3n) is 4.67. The van der Waals surface area contributed by atoms with E-state index in [9.17, 15) is 9.59 Å². The zero-order chi connectivity index (χ0) is 21.5. The second-order valence-corrected chi connectivity index (χ2v) is 7.32.